The molecule has 0 aromatic carbocycles. The van der Waals surface area contributed by atoms with Crippen LogP contribution in [0.4, 0.5) is 0 Å². The zero-order chi connectivity index (χ0) is 16.8. The molecule has 1 amide bonds. The molecule has 2 atom stereocenters. The number of rotatable bonds is 6. The van der Waals surface area contributed by atoms with Gasteiger partial charge in [0.05, 0.1) is 5.92 Å². The SMILES string of the molecule is C[C@@H](C(=O)NC[C@H]1CCCN(Cc2cccnc2)C1)c1cccs1. The molecule has 1 saturated heterocycles. The van der Waals surface area contributed by atoms with E-state index < -0.39 is 0 Å². The van der Waals surface area contributed by atoms with Crippen LogP contribution in [0.2, 0.25) is 0 Å². The molecule has 0 spiro atoms. The first kappa shape index (κ1) is 17.1. The first-order chi connectivity index (χ1) is 11.7. The molecular formula is C19H25N3OS. The molecule has 3 rings (SSSR count). The highest BCUT2D eigenvalue weighted by Crippen LogP contribution is 2.22. The fourth-order valence-electron chi connectivity index (χ4n) is 3.28. The van der Waals surface area contributed by atoms with Gasteiger partial charge >= 0.3 is 0 Å². The number of hydrogen-bond donors (Lipinski definition) is 1. The van der Waals surface area contributed by atoms with Crippen LogP contribution in [-0.2, 0) is 11.3 Å². The Morgan fingerprint density at radius 2 is 2.38 bits per heavy atom. The number of nitrogens with zero attached hydrogens (tertiary/aromatic N) is 2. The summed E-state index contributed by atoms with van der Waals surface area (Å²) in [7, 11) is 0. The predicted molar refractivity (Wildman–Crippen MR) is 98.0 cm³/mol. The van der Waals surface area contributed by atoms with E-state index in [4.69, 9.17) is 0 Å². The summed E-state index contributed by atoms with van der Waals surface area (Å²) in [5, 5.41) is 5.18. The highest BCUT2D eigenvalue weighted by molar-refractivity contribution is 7.10. The highest BCUT2D eigenvalue weighted by atomic mass is 32.1. The van der Waals surface area contributed by atoms with E-state index in [0.29, 0.717) is 5.92 Å². The number of carbonyl (C=O) groups is 1. The van der Waals surface area contributed by atoms with E-state index in [9.17, 15) is 4.79 Å². The van der Waals surface area contributed by atoms with E-state index in [-0.39, 0.29) is 11.8 Å². The number of piperidine rings is 1. The lowest BCUT2D eigenvalue weighted by molar-refractivity contribution is -0.122. The summed E-state index contributed by atoms with van der Waals surface area (Å²) in [6.45, 7) is 5.88. The molecule has 0 aliphatic carbocycles. The fraction of sp³-hybridized carbons (Fsp3) is 0.474. The van der Waals surface area contributed by atoms with Gasteiger partial charge in [0.15, 0.2) is 0 Å². The third kappa shape index (κ3) is 4.65. The van der Waals surface area contributed by atoms with Gasteiger partial charge in [-0.25, -0.2) is 0 Å². The van der Waals surface area contributed by atoms with Gasteiger partial charge in [0.25, 0.3) is 0 Å². The highest BCUT2D eigenvalue weighted by Gasteiger charge is 2.22. The van der Waals surface area contributed by atoms with Crippen molar-refractivity contribution in [3.05, 3.63) is 52.5 Å². The molecule has 0 unspecified atom stereocenters. The third-order valence-corrected chi connectivity index (χ3v) is 5.72. The topological polar surface area (TPSA) is 45.2 Å². The fourth-order valence-corrected chi connectivity index (χ4v) is 4.06. The van der Waals surface area contributed by atoms with Gasteiger partial charge in [0.1, 0.15) is 0 Å². The van der Waals surface area contributed by atoms with E-state index in [2.05, 4.69) is 21.3 Å². The van der Waals surface area contributed by atoms with Crippen LogP contribution in [0.5, 0.6) is 0 Å². The molecule has 0 saturated carbocycles. The number of nitrogens with one attached hydrogen (secondary N) is 1. The standard InChI is InChI=1S/C19H25N3OS/c1-15(18-7-4-10-24-18)19(23)21-12-17-6-3-9-22(14-17)13-16-5-2-8-20-11-16/h2,4-5,7-8,10-11,15,17H,3,6,9,12-14H2,1H3,(H,21,23)/t15-,17-/m1/s1. The maximum Gasteiger partial charge on any atom is 0.228 e. The summed E-state index contributed by atoms with van der Waals surface area (Å²) in [6.07, 6.45) is 6.14. The van der Waals surface area contributed by atoms with Crippen molar-refractivity contribution in [2.75, 3.05) is 19.6 Å². The Bertz CT molecular complexity index is 629. The Morgan fingerprint density at radius 1 is 1.46 bits per heavy atom. The van der Waals surface area contributed by atoms with Crippen molar-refractivity contribution in [2.24, 2.45) is 5.92 Å². The van der Waals surface area contributed by atoms with Crippen molar-refractivity contribution in [1.29, 1.82) is 0 Å². The lowest BCUT2D eigenvalue weighted by atomic mass is 9.97. The lowest BCUT2D eigenvalue weighted by Crippen LogP contribution is -2.41. The number of carbonyl (C=O) groups excluding carboxylic acids is 1. The minimum Gasteiger partial charge on any atom is -0.355 e. The van der Waals surface area contributed by atoms with Crippen molar-refractivity contribution >= 4 is 17.2 Å². The zero-order valence-corrected chi connectivity index (χ0v) is 15.0. The summed E-state index contributed by atoms with van der Waals surface area (Å²) in [4.78, 5) is 20.1. The van der Waals surface area contributed by atoms with Gasteiger partial charge in [0, 0.05) is 36.9 Å². The van der Waals surface area contributed by atoms with Crippen LogP contribution in [0.1, 0.15) is 36.1 Å². The van der Waals surface area contributed by atoms with Crippen LogP contribution in [0.15, 0.2) is 42.0 Å². The molecular weight excluding hydrogens is 318 g/mol. The van der Waals surface area contributed by atoms with Crippen molar-refractivity contribution in [1.82, 2.24) is 15.2 Å². The number of hydrogen-bond acceptors (Lipinski definition) is 4. The molecule has 1 aliphatic heterocycles. The van der Waals surface area contributed by atoms with Crippen molar-refractivity contribution < 1.29 is 4.79 Å². The maximum absolute atomic E-state index is 12.3. The second-order valence-electron chi connectivity index (χ2n) is 6.59. The van der Waals surface area contributed by atoms with E-state index in [0.717, 1.165) is 31.1 Å². The van der Waals surface area contributed by atoms with Gasteiger partial charge < -0.3 is 5.32 Å². The zero-order valence-electron chi connectivity index (χ0n) is 14.1. The number of pyridine rings is 1. The second-order valence-corrected chi connectivity index (χ2v) is 7.57. The van der Waals surface area contributed by atoms with Crippen LogP contribution in [0, 0.1) is 5.92 Å². The lowest BCUT2D eigenvalue weighted by Gasteiger charge is -2.33. The van der Waals surface area contributed by atoms with Gasteiger partial charge in [-0.15, -0.1) is 11.3 Å². The summed E-state index contributed by atoms with van der Waals surface area (Å²) in [5.41, 5.74) is 1.26. The Labute approximate surface area is 147 Å². The molecule has 0 bridgehead atoms. The minimum absolute atomic E-state index is 0.0555. The van der Waals surface area contributed by atoms with Gasteiger partial charge in [-0.3, -0.25) is 14.7 Å². The minimum atomic E-state index is -0.0555. The van der Waals surface area contributed by atoms with Gasteiger partial charge in [-0.05, 0) is 55.3 Å². The van der Waals surface area contributed by atoms with Crippen LogP contribution in [-0.4, -0.2) is 35.4 Å². The quantitative estimate of drug-likeness (QED) is 0.875. The first-order valence-electron chi connectivity index (χ1n) is 8.64. The van der Waals surface area contributed by atoms with Crippen molar-refractivity contribution in [3.8, 4) is 0 Å². The van der Waals surface area contributed by atoms with Crippen LogP contribution < -0.4 is 5.32 Å². The van der Waals surface area contributed by atoms with Gasteiger partial charge in [-0.2, -0.15) is 0 Å². The Morgan fingerprint density at radius 3 is 3.12 bits per heavy atom. The van der Waals surface area contributed by atoms with Gasteiger partial charge in [-0.1, -0.05) is 12.1 Å². The monoisotopic (exact) mass is 343 g/mol. The smallest absolute Gasteiger partial charge is 0.228 e. The number of thiophene rings is 1. The largest absolute Gasteiger partial charge is 0.355 e. The third-order valence-electron chi connectivity index (χ3n) is 4.66. The maximum atomic E-state index is 12.3. The normalized spacial score (nSPS) is 19.8. The molecule has 1 N–H and O–H groups in total. The molecule has 1 fully saturated rings. The second kappa shape index (κ2) is 8.40. The summed E-state index contributed by atoms with van der Waals surface area (Å²) in [6, 6.07) is 8.15. The summed E-state index contributed by atoms with van der Waals surface area (Å²) < 4.78 is 0. The van der Waals surface area contributed by atoms with Crippen LogP contribution in [0.25, 0.3) is 0 Å². The molecule has 128 valence electrons. The Kier molecular flexibility index (Phi) is 5.99. The summed E-state index contributed by atoms with van der Waals surface area (Å²) in [5.74, 6) is 0.622. The Balaban J connectivity index is 1.46. The van der Waals surface area contributed by atoms with Crippen molar-refractivity contribution in [3.63, 3.8) is 0 Å². The first-order valence-corrected chi connectivity index (χ1v) is 9.52. The van der Waals surface area contributed by atoms with Crippen LogP contribution in [0.3, 0.4) is 0 Å². The number of aromatic nitrogens is 1. The predicted octanol–water partition coefficient (Wildman–Crippen LogP) is 3.28. The average Bonchev–Trinajstić information content (AvgIpc) is 3.15. The van der Waals surface area contributed by atoms with Crippen LogP contribution >= 0.6 is 11.3 Å². The molecule has 24 heavy (non-hydrogen) atoms. The summed E-state index contributed by atoms with van der Waals surface area (Å²) >= 11 is 1.65. The number of amides is 1. The molecule has 2 aromatic heterocycles. The van der Waals surface area contributed by atoms with E-state index >= 15 is 0 Å². The molecule has 2 aromatic rings. The Hall–Kier alpha value is -1.72. The molecule has 5 heteroatoms. The molecule has 4 nitrogen and oxygen atoms in total. The average molecular weight is 343 g/mol. The molecule has 0 radical (unpaired) electrons. The number of likely N-dealkylation sites (tertiary alicyclic amines) is 1. The van der Waals surface area contributed by atoms with Crippen molar-refractivity contribution in [2.45, 2.75) is 32.2 Å². The molecule has 3 heterocycles. The van der Waals surface area contributed by atoms with E-state index in [1.54, 1.807) is 11.3 Å². The molecule has 1 aliphatic rings. The van der Waals surface area contributed by atoms with Gasteiger partial charge in [0.2, 0.25) is 5.91 Å². The van der Waals surface area contributed by atoms with E-state index in [1.807, 2.05) is 42.9 Å². The van der Waals surface area contributed by atoms with E-state index in [1.165, 1.54) is 18.4 Å².